The van der Waals surface area contributed by atoms with Crippen LogP contribution in [0.2, 0.25) is 0 Å². The second kappa shape index (κ2) is 3.86. The van der Waals surface area contributed by atoms with Crippen LogP contribution in [0.4, 0.5) is 0 Å². The van der Waals surface area contributed by atoms with Gasteiger partial charge in [-0.15, -0.1) is 0 Å². The molecule has 2 saturated heterocycles. The Bertz CT molecular complexity index is 362. The first-order valence-corrected chi connectivity index (χ1v) is 6.13. The van der Waals surface area contributed by atoms with Crippen molar-refractivity contribution in [3.8, 4) is 0 Å². The minimum atomic E-state index is -0.0692. The number of rotatable bonds is 2. The van der Waals surface area contributed by atoms with Gasteiger partial charge in [0.2, 0.25) is 0 Å². The van der Waals surface area contributed by atoms with Gasteiger partial charge >= 0.3 is 0 Å². The highest BCUT2D eigenvalue weighted by molar-refractivity contribution is 5.02. The quantitative estimate of drug-likeness (QED) is 0.807. The van der Waals surface area contributed by atoms with E-state index < -0.39 is 0 Å². The fourth-order valence-corrected chi connectivity index (χ4v) is 3.23. The van der Waals surface area contributed by atoms with E-state index >= 15 is 0 Å². The minimum absolute atomic E-state index is 0.0692. The van der Waals surface area contributed by atoms with Crippen molar-refractivity contribution in [2.75, 3.05) is 0 Å². The monoisotopic (exact) mass is 221 g/mol. The predicted octanol–water partition coefficient (Wildman–Crippen LogP) is 0.908. The Morgan fingerprint density at radius 3 is 2.62 bits per heavy atom. The zero-order chi connectivity index (χ0) is 11.1. The fraction of sp³-hybridized carbons (Fsp3) is 0.750. The highest BCUT2D eigenvalue weighted by Crippen LogP contribution is 2.36. The summed E-state index contributed by atoms with van der Waals surface area (Å²) in [5, 5.41) is 9.74. The van der Waals surface area contributed by atoms with Crippen molar-refractivity contribution < 1.29 is 5.11 Å². The summed E-state index contributed by atoms with van der Waals surface area (Å²) in [4.78, 5) is 6.72. The van der Waals surface area contributed by atoms with E-state index in [4.69, 9.17) is 0 Å². The van der Waals surface area contributed by atoms with E-state index in [-0.39, 0.29) is 6.10 Å². The Labute approximate surface area is 95.9 Å². The first kappa shape index (κ1) is 10.3. The van der Waals surface area contributed by atoms with Crippen LogP contribution in [-0.4, -0.2) is 37.7 Å². The number of hydrogen-bond acceptors (Lipinski definition) is 3. The van der Waals surface area contributed by atoms with Gasteiger partial charge in [0.1, 0.15) is 0 Å². The Balaban J connectivity index is 1.75. The van der Waals surface area contributed by atoms with E-state index in [9.17, 15) is 5.11 Å². The van der Waals surface area contributed by atoms with Gasteiger partial charge in [-0.25, -0.2) is 4.98 Å². The van der Waals surface area contributed by atoms with E-state index in [2.05, 4.69) is 14.5 Å². The van der Waals surface area contributed by atoms with Gasteiger partial charge in [-0.2, -0.15) is 0 Å². The Kier molecular flexibility index (Phi) is 2.48. The van der Waals surface area contributed by atoms with Crippen LogP contribution in [0, 0.1) is 0 Å². The lowest BCUT2D eigenvalue weighted by atomic mass is 10.00. The molecule has 0 spiro atoms. The third-order valence-corrected chi connectivity index (χ3v) is 4.12. The number of aryl methyl sites for hydroxylation is 1. The Morgan fingerprint density at radius 1 is 1.38 bits per heavy atom. The van der Waals surface area contributed by atoms with E-state index in [1.165, 1.54) is 18.5 Å². The minimum Gasteiger partial charge on any atom is -0.393 e. The van der Waals surface area contributed by atoms with Gasteiger partial charge in [-0.05, 0) is 25.7 Å². The number of aliphatic hydroxyl groups excluding tert-OH is 1. The average Bonchev–Trinajstić information content (AvgIpc) is 2.73. The predicted molar refractivity (Wildman–Crippen MR) is 60.8 cm³/mol. The zero-order valence-electron chi connectivity index (χ0n) is 9.71. The summed E-state index contributed by atoms with van der Waals surface area (Å²) in [5.74, 6) is 0. The SMILES string of the molecule is Cn1cncc1CN1C2CCC1CC(O)C2. The maximum atomic E-state index is 9.74. The molecular weight excluding hydrogens is 202 g/mol. The summed E-state index contributed by atoms with van der Waals surface area (Å²) in [5.41, 5.74) is 1.27. The number of piperidine rings is 1. The summed E-state index contributed by atoms with van der Waals surface area (Å²) in [7, 11) is 2.04. The van der Waals surface area contributed by atoms with Gasteiger partial charge in [0.05, 0.1) is 18.1 Å². The molecule has 3 heterocycles. The second-order valence-corrected chi connectivity index (χ2v) is 5.18. The smallest absolute Gasteiger partial charge is 0.0945 e. The third-order valence-electron chi connectivity index (χ3n) is 4.12. The first-order valence-electron chi connectivity index (χ1n) is 6.13. The van der Waals surface area contributed by atoms with Crippen LogP contribution >= 0.6 is 0 Å². The lowest BCUT2D eigenvalue weighted by Gasteiger charge is -2.37. The van der Waals surface area contributed by atoms with Crippen LogP contribution in [0.3, 0.4) is 0 Å². The highest BCUT2D eigenvalue weighted by Gasteiger charge is 2.40. The standard InChI is InChI=1S/C12H19N3O/c1-14-8-13-6-11(14)7-15-9-2-3-10(15)5-12(16)4-9/h6,8-10,12,16H,2-5,7H2,1H3. The molecule has 1 aromatic rings. The summed E-state index contributed by atoms with van der Waals surface area (Å²) in [6.07, 6.45) is 8.14. The molecule has 0 amide bonds. The van der Waals surface area contributed by atoms with Gasteiger partial charge < -0.3 is 9.67 Å². The van der Waals surface area contributed by atoms with Crippen molar-refractivity contribution in [2.24, 2.45) is 7.05 Å². The number of imidazole rings is 1. The maximum absolute atomic E-state index is 9.74. The van der Waals surface area contributed by atoms with Crippen LogP contribution in [0.1, 0.15) is 31.4 Å². The molecule has 0 aromatic carbocycles. The molecular formula is C12H19N3O. The van der Waals surface area contributed by atoms with Crippen molar-refractivity contribution in [3.63, 3.8) is 0 Å². The molecule has 1 N–H and O–H groups in total. The fourth-order valence-electron chi connectivity index (χ4n) is 3.23. The molecule has 2 aliphatic heterocycles. The summed E-state index contributed by atoms with van der Waals surface area (Å²) in [6.45, 7) is 0.985. The van der Waals surface area contributed by atoms with Crippen molar-refractivity contribution in [3.05, 3.63) is 18.2 Å². The van der Waals surface area contributed by atoms with E-state index in [1.807, 2.05) is 19.6 Å². The van der Waals surface area contributed by atoms with Gasteiger partial charge in [-0.3, -0.25) is 4.90 Å². The lowest BCUT2D eigenvalue weighted by molar-refractivity contribution is 0.0299. The molecule has 2 fully saturated rings. The number of aromatic nitrogens is 2. The molecule has 2 atom stereocenters. The molecule has 2 aliphatic rings. The largest absolute Gasteiger partial charge is 0.393 e. The summed E-state index contributed by atoms with van der Waals surface area (Å²) < 4.78 is 2.09. The molecule has 2 bridgehead atoms. The van der Waals surface area contributed by atoms with Gasteiger partial charge in [-0.1, -0.05) is 0 Å². The van der Waals surface area contributed by atoms with Gasteiger partial charge in [0.15, 0.2) is 0 Å². The molecule has 0 saturated carbocycles. The van der Waals surface area contributed by atoms with Crippen LogP contribution in [0.25, 0.3) is 0 Å². The van der Waals surface area contributed by atoms with Crippen LogP contribution in [-0.2, 0) is 13.6 Å². The number of nitrogens with zero attached hydrogens (tertiary/aromatic N) is 3. The van der Waals surface area contributed by atoms with E-state index in [1.54, 1.807) is 0 Å². The normalized spacial score (nSPS) is 34.5. The lowest BCUT2D eigenvalue weighted by Crippen LogP contribution is -2.44. The number of fused-ring (bicyclic) bond motifs is 2. The highest BCUT2D eigenvalue weighted by atomic mass is 16.3. The molecule has 4 nitrogen and oxygen atoms in total. The first-order chi connectivity index (χ1) is 7.74. The van der Waals surface area contributed by atoms with Gasteiger partial charge in [0, 0.05) is 31.9 Å². The van der Waals surface area contributed by atoms with Crippen molar-refractivity contribution in [1.82, 2.24) is 14.5 Å². The van der Waals surface area contributed by atoms with Crippen LogP contribution in [0.5, 0.6) is 0 Å². The molecule has 2 unspecified atom stereocenters. The van der Waals surface area contributed by atoms with Crippen molar-refractivity contribution in [2.45, 2.75) is 50.4 Å². The maximum Gasteiger partial charge on any atom is 0.0945 e. The van der Waals surface area contributed by atoms with E-state index in [0.717, 1.165) is 19.4 Å². The molecule has 16 heavy (non-hydrogen) atoms. The molecule has 0 radical (unpaired) electrons. The Hall–Kier alpha value is -0.870. The van der Waals surface area contributed by atoms with Crippen molar-refractivity contribution in [1.29, 1.82) is 0 Å². The topological polar surface area (TPSA) is 41.3 Å². The average molecular weight is 221 g/mol. The number of aliphatic hydroxyl groups is 1. The molecule has 0 aliphatic carbocycles. The van der Waals surface area contributed by atoms with Crippen LogP contribution < -0.4 is 0 Å². The molecule has 4 heteroatoms. The second-order valence-electron chi connectivity index (χ2n) is 5.18. The number of hydrogen-bond donors (Lipinski definition) is 1. The van der Waals surface area contributed by atoms with Gasteiger partial charge in [0.25, 0.3) is 0 Å². The third kappa shape index (κ3) is 1.66. The molecule has 88 valence electrons. The summed E-state index contributed by atoms with van der Waals surface area (Å²) >= 11 is 0. The summed E-state index contributed by atoms with van der Waals surface area (Å²) in [6, 6.07) is 1.17. The molecule has 1 aromatic heterocycles. The Morgan fingerprint density at radius 2 is 2.06 bits per heavy atom. The van der Waals surface area contributed by atoms with E-state index in [0.29, 0.717) is 12.1 Å². The van der Waals surface area contributed by atoms with Crippen molar-refractivity contribution >= 4 is 0 Å². The molecule has 3 rings (SSSR count). The van der Waals surface area contributed by atoms with Crippen LogP contribution in [0.15, 0.2) is 12.5 Å². The zero-order valence-corrected chi connectivity index (χ0v) is 9.71.